The summed E-state index contributed by atoms with van der Waals surface area (Å²) in [7, 11) is 0. The summed E-state index contributed by atoms with van der Waals surface area (Å²) in [6.45, 7) is -0.299. The maximum absolute atomic E-state index is 14.4. The Morgan fingerprint density at radius 2 is 1.45 bits per heavy atom. The fourth-order valence-corrected chi connectivity index (χ4v) is 2.78. The van der Waals surface area contributed by atoms with Crippen LogP contribution in [0.3, 0.4) is 0 Å². The molecule has 0 aliphatic heterocycles. The average molecular weight is 396 g/mol. The van der Waals surface area contributed by atoms with E-state index in [1.807, 2.05) is 0 Å². The van der Waals surface area contributed by atoms with Gasteiger partial charge in [-0.3, -0.25) is 9.59 Å². The number of aliphatic hydroxyl groups is 1. The molecule has 3 N–H and O–H groups in total. The van der Waals surface area contributed by atoms with Crippen LogP contribution >= 0.6 is 0 Å². The van der Waals surface area contributed by atoms with Crippen molar-refractivity contribution in [1.82, 2.24) is 0 Å². The van der Waals surface area contributed by atoms with Crippen LogP contribution in [0.5, 0.6) is 0 Å². The first kappa shape index (κ1) is 20.2. The van der Waals surface area contributed by atoms with Crippen LogP contribution in [-0.2, 0) is 4.79 Å². The predicted octanol–water partition coefficient (Wildman–Crippen LogP) is 3.93. The maximum Gasteiger partial charge on any atom is 0.243 e. The van der Waals surface area contributed by atoms with Crippen molar-refractivity contribution in [2.75, 3.05) is 17.2 Å². The monoisotopic (exact) mass is 396 g/mol. The zero-order valence-corrected chi connectivity index (χ0v) is 15.2. The lowest BCUT2D eigenvalue weighted by atomic mass is 9.98. The highest BCUT2D eigenvalue weighted by Crippen LogP contribution is 2.26. The van der Waals surface area contributed by atoms with Gasteiger partial charge in [0.1, 0.15) is 17.7 Å². The number of hydrogen-bond acceptors (Lipinski definition) is 4. The molecule has 3 aromatic carbocycles. The molecule has 0 spiro atoms. The minimum Gasteiger partial charge on any atom is -0.380 e. The highest BCUT2D eigenvalue weighted by Gasteiger charge is 2.25. The molecular weight excluding hydrogens is 378 g/mol. The standard InChI is InChI=1S/C22H18F2N2O3/c23-15-9-4-5-11-17(15)25-13-19(27)26-18-12-6-10-16(24)20(18)22(29)21(28)14-7-2-1-3-8-14/h1-12,21,25,28H,13H2,(H,26,27). The highest BCUT2D eigenvalue weighted by molar-refractivity contribution is 6.07. The quantitative estimate of drug-likeness (QED) is 0.529. The summed E-state index contributed by atoms with van der Waals surface area (Å²) in [5, 5.41) is 15.4. The first-order valence-corrected chi connectivity index (χ1v) is 8.81. The van der Waals surface area contributed by atoms with Crippen LogP contribution in [0.15, 0.2) is 72.8 Å². The van der Waals surface area contributed by atoms with Gasteiger partial charge >= 0.3 is 0 Å². The second-order valence-electron chi connectivity index (χ2n) is 6.22. The Morgan fingerprint density at radius 3 is 2.17 bits per heavy atom. The van der Waals surface area contributed by atoms with Crippen molar-refractivity contribution in [1.29, 1.82) is 0 Å². The first-order valence-electron chi connectivity index (χ1n) is 8.81. The van der Waals surface area contributed by atoms with Gasteiger partial charge in [0, 0.05) is 0 Å². The SMILES string of the molecule is O=C(CNc1ccccc1F)Nc1cccc(F)c1C(=O)C(O)c1ccccc1. The van der Waals surface area contributed by atoms with Crippen molar-refractivity contribution in [3.8, 4) is 0 Å². The Balaban J connectivity index is 1.76. The molecule has 0 bridgehead atoms. The number of carbonyl (C=O) groups is 2. The van der Waals surface area contributed by atoms with E-state index in [0.717, 1.165) is 6.07 Å². The number of hydrogen-bond donors (Lipinski definition) is 3. The smallest absolute Gasteiger partial charge is 0.243 e. The third-order valence-corrected chi connectivity index (χ3v) is 4.21. The van der Waals surface area contributed by atoms with Crippen LogP contribution < -0.4 is 10.6 Å². The van der Waals surface area contributed by atoms with E-state index in [1.165, 1.54) is 30.3 Å². The number of carbonyl (C=O) groups excluding carboxylic acids is 2. The van der Waals surface area contributed by atoms with Crippen LogP contribution in [-0.4, -0.2) is 23.3 Å². The second kappa shape index (κ2) is 9.07. The number of rotatable bonds is 7. The Bertz CT molecular complexity index is 1030. The van der Waals surface area contributed by atoms with E-state index >= 15 is 0 Å². The van der Waals surface area contributed by atoms with E-state index in [9.17, 15) is 23.5 Å². The number of aliphatic hydroxyl groups excluding tert-OH is 1. The zero-order chi connectivity index (χ0) is 20.8. The summed E-state index contributed by atoms with van der Waals surface area (Å²) in [4.78, 5) is 24.9. The third kappa shape index (κ3) is 4.83. The molecule has 5 nitrogen and oxygen atoms in total. The molecule has 7 heteroatoms. The average Bonchev–Trinajstić information content (AvgIpc) is 2.73. The van der Waals surface area contributed by atoms with Gasteiger partial charge in [0.2, 0.25) is 11.7 Å². The number of amides is 1. The Labute approximate surface area is 166 Å². The molecule has 3 rings (SSSR count). The van der Waals surface area contributed by atoms with E-state index in [2.05, 4.69) is 10.6 Å². The van der Waals surface area contributed by atoms with Gasteiger partial charge in [-0.05, 0) is 29.8 Å². The predicted molar refractivity (Wildman–Crippen MR) is 106 cm³/mol. The number of Topliss-reactive ketones (excluding diaryl/α,β-unsaturated/α-hetero) is 1. The van der Waals surface area contributed by atoms with Crippen molar-refractivity contribution in [2.24, 2.45) is 0 Å². The van der Waals surface area contributed by atoms with Crippen LogP contribution in [0.4, 0.5) is 20.2 Å². The van der Waals surface area contributed by atoms with Gasteiger partial charge < -0.3 is 15.7 Å². The molecule has 1 amide bonds. The molecule has 0 saturated carbocycles. The molecule has 1 unspecified atom stereocenters. The molecule has 0 radical (unpaired) electrons. The van der Waals surface area contributed by atoms with E-state index in [4.69, 9.17) is 0 Å². The molecule has 0 heterocycles. The Kier molecular flexibility index (Phi) is 6.31. The summed E-state index contributed by atoms with van der Waals surface area (Å²) >= 11 is 0. The van der Waals surface area contributed by atoms with Gasteiger partial charge in [0.25, 0.3) is 0 Å². The van der Waals surface area contributed by atoms with Gasteiger partial charge in [-0.15, -0.1) is 0 Å². The number of para-hydroxylation sites is 1. The molecule has 0 aromatic heterocycles. The molecule has 29 heavy (non-hydrogen) atoms. The number of benzene rings is 3. The normalized spacial score (nSPS) is 11.6. The lowest BCUT2D eigenvalue weighted by molar-refractivity contribution is -0.114. The second-order valence-corrected chi connectivity index (χ2v) is 6.22. The number of nitrogens with one attached hydrogen (secondary N) is 2. The molecule has 1 atom stereocenters. The molecule has 0 aliphatic carbocycles. The van der Waals surface area contributed by atoms with Crippen LogP contribution in [0.25, 0.3) is 0 Å². The van der Waals surface area contributed by atoms with E-state index in [1.54, 1.807) is 36.4 Å². The minimum absolute atomic E-state index is 0.0784. The van der Waals surface area contributed by atoms with Crippen molar-refractivity contribution in [3.05, 3.63) is 95.6 Å². The van der Waals surface area contributed by atoms with Crippen molar-refractivity contribution < 1.29 is 23.5 Å². The first-order chi connectivity index (χ1) is 14.0. The Hall–Kier alpha value is -3.58. The van der Waals surface area contributed by atoms with Gasteiger partial charge in [-0.1, -0.05) is 48.5 Å². The summed E-state index contributed by atoms with van der Waals surface area (Å²) in [6.07, 6.45) is -1.58. The van der Waals surface area contributed by atoms with Crippen LogP contribution in [0, 0.1) is 11.6 Å². The molecule has 0 aliphatic rings. The molecular formula is C22H18F2N2O3. The van der Waals surface area contributed by atoms with Gasteiger partial charge in [-0.25, -0.2) is 8.78 Å². The van der Waals surface area contributed by atoms with E-state index in [0.29, 0.717) is 5.56 Å². The lowest BCUT2D eigenvalue weighted by Gasteiger charge is -2.15. The van der Waals surface area contributed by atoms with Gasteiger partial charge in [0.15, 0.2) is 0 Å². The highest BCUT2D eigenvalue weighted by atomic mass is 19.1. The number of halogens is 2. The van der Waals surface area contributed by atoms with Gasteiger partial charge in [0.05, 0.1) is 23.5 Å². The van der Waals surface area contributed by atoms with Crippen LogP contribution in [0.2, 0.25) is 0 Å². The fraction of sp³-hybridized carbons (Fsp3) is 0.0909. The van der Waals surface area contributed by atoms with Crippen molar-refractivity contribution >= 4 is 23.1 Å². The fourth-order valence-electron chi connectivity index (χ4n) is 2.78. The zero-order valence-electron chi connectivity index (χ0n) is 15.2. The summed E-state index contributed by atoms with van der Waals surface area (Å²) < 4.78 is 28.0. The summed E-state index contributed by atoms with van der Waals surface area (Å²) in [6, 6.07) is 17.7. The molecule has 3 aromatic rings. The number of anilines is 2. The van der Waals surface area contributed by atoms with Crippen molar-refractivity contribution in [2.45, 2.75) is 6.10 Å². The van der Waals surface area contributed by atoms with E-state index in [-0.39, 0.29) is 17.9 Å². The largest absolute Gasteiger partial charge is 0.380 e. The topological polar surface area (TPSA) is 78.4 Å². The lowest BCUT2D eigenvalue weighted by Crippen LogP contribution is -2.24. The van der Waals surface area contributed by atoms with E-state index < -0.39 is 35.0 Å². The van der Waals surface area contributed by atoms with Crippen molar-refractivity contribution in [3.63, 3.8) is 0 Å². The van der Waals surface area contributed by atoms with Crippen LogP contribution in [0.1, 0.15) is 22.0 Å². The minimum atomic E-state index is -1.58. The maximum atomic E-state index is 14.4. The summed E-state index contributed by atoms with van der Waals surface area (Å²) in [5.41, 5.74) is -0.0645. The van der Waals surface area contributed by atoms with Gasteiger partial charge in [-0.2, -0.15) is 0 Å². The molecule has 148 valence electrons. The number of ketones is 1. The summed E-state index contributed by atoms with van der Waals surface area (Å²) in [5.74, 6) is -2.88. The Morgan fingerprint density at radius 1 is 0.828 bits per heavy atom. The third-order valence-electron chi connectivity index (χ3n) is 4.21. The molecule has 0 saturated heterocycles. The molecule has 0 fully saturated rings.